The fraction of sp³-hybridized carbons (Fsp3) is 0.206. The monoisotopic (exact) mass is 518 g/mol. The highest BCUT2D eigenvalue weighted by molar-refractivity contribution is 5.83. The molecule has 6 rings (SSSR count). The van der Waals surface area contributed by atoms with Crippen LogP contribution in [0.5, 0.6) is 11.5 Å². The summed E-state index contributed by atoms with van der Waals surface area (Å²) < 4.78 is 24.8. The zero-order valence-corrected chi connectivity index (χ0v) is 22.1. The molecule has 0 radical (unpaired) electrons. The van der Waals surface area contributed by atoms with Crippen molar-refractivity contribution in [3.63, 3.8) is 0 Å². The van der Waals surface area contributed by atoms with Crippen LogP contribution in [0.3, 0.4) is 0 Å². The van der Waals surface area contributed by atoms with Crippen LogP contribution in [0.15, 0.2) is 102 Å². The fourth-order valence-corrected chi connectivity index (χ4v) is 5.63. The largest absolute Gasteiger partial charge is 0.493 e. The predicted molar refractivity (Wildman–Crippen MR) is 155 cm³/mol. The average Bonchev–Trinajstić information content (AvgIpc) is 3.46. The van der Waals surface area contributed by atoms with Gasteiger partial charge in [0, 0.05) is 17.8 Å². The van der Waals surface area contributed by atoms with Crippen molar-refractivity contribution in [1.82, 2.24) is 0 Å². The van der Waals surface area contributed by atoms with E-state index in [1.54, 1.807) is 13.2 Å². The Bertz CT molecular complexity index is 1540. The molecule has 0 bridgehead atoms. The third kappa shape index (κ3) is 5.30. The molecule has 0 saturated heterocycles. The maximum absolute atomic E-state index is 13.4. The molecular weight excluding hydrogens is 487 g/mol. The lowest BCUT2D eigenvalue weighted by atomic mass is 9.76. The van der Waals surface area contributed by atoms with Crippen molar-refractivity contribution < 1.29 is 13.9 Å². The van der Waals surface area contributed by atoms with Crippen LogP contribution in [0.2, 0.25) is 0 Å². The van der Waals surface area contributed by atoms with Gasteiger partial charge in [-0.25, -0.2) is 4.39 Å². The zero-order valence-electron chi connectivity index (χ0n) is 22.1. The van der Waals surface area contributed by atoms with Crippen LogP contribution < -0.4 is 14.8 Å². The van der Waals surface area contributed by atoms with Gasteiger partial charge in [0.2, 0.25) is 0 Å². The minimum atomic E-state index is -0.280. The Morgan fingerprint density at radius 3 is 2.67 bits per heavy atom. The van der Waals surface area contributed by atoms with E-state index < -0.39 is 0 Å². The first-order chi connectivity index (χ1) is 19.1. The second kappa shape index (κ2) is 10.8. The SMILES string of the molecule is COc1cc(C=Nc2ccc([C@@H]3Nc4ccc(C)cc4[C@@H]4C=CC[C@@H]43)cc2)ccc1OCc1cccc(F)c1. The standard InChI is InChI=1S/C34H31FN2O2/c1-22-9-15-31-30(17-22)28-7-4-8-29(28)34(37-31)25-11-13-27(14-12-25)36-20-23-10-16-32(33(19-23)38-2)39-21-24-5-3-6-26(35)18-24/h3-7,9-20,28-29,34,37H,8,21H2,1-2H3/t28-,29+,34+/m1/s1. The first-order valence-corrected chi connectivity index (χ1v) is 13.3. The molecule has 1 aliphatic heterocycles. The van der Waals surface area contributed by atoms with Gasteiger partial charge < -0.3 is 14.8 Å². The summed E-state index contributed by atoms with van der Waals surface area (Å²) in [6.45, 7) is 2.42. The highest BCUT2D eigenvalue weighted by atomic mass is 19.1. The molecule has 1 heterocycles. The molecular formula is C34H31FN2O2. The second-order valence-electron chi connectivity index (χ2n) is 10.2. The Labute approximate surface area is 228 Å². The van der Waals surface area contributed by atoms with Crippen LogP contribution in [-0.4, -0.2) is 13.3 Å². The molecule has 1 N–H and O–H groups in total. The number of hydrogen-bond acceptors (Lipinski definition) is 4. The molecule has 4 aromatic carbocycles. The number of aliphatic imine (C=N–C) groups is 1. The van der Waals surface area contributed by atoms with Gasteiger partial charge in [-0.2, -0.15) is 0 Å². The molecule has 0 spiro atoms. The summed E-state index contributed by atoms with van der Waals surface area (Å²) in [7, 11) is 1.60. The molecule has 5 heteroatoms. The number of nitrogens with one attached hydrogen (secondary N) is 1. The van der Waals surface area contributed by atoms with Crippen LogP contribution >= 0.6 is 0 Å². The molecule has 0 saturated carbocycles. The van der Waals surface area contributed by atoms with E-state index in [9.17, 15) is 4.39 Å². The number of nitrogens with zero attached hydrogens (tertiary/aromatic N) is 1. The summed E-state index contributed by atoms with van der Waals surface area (Å²) in [4.78, 5) is 4.69. The molecule has 1 aliphatic carbocycles. The molecule has 0 aromatic heterocycles. The van der Waals surface area contributed by atoms with Crippen LogP contribution in [0, 0.1) is 18.7 Å². The Kier molecular flexibility index (Phi) is 6.89. The van der Waals surface area contributed by atoms with Crippen molar-refractivity contribution in [2.45, 2.75) is 31.9 Å². The number of fused-ring (bicyclic) bond motifs is 3. The minimum absolute atomic E-state index is 0.257. The quantitative estimate of drug-likeness (QED) is 0.198. The van der Waals surface area contributed by atoms with Crippen molar-refractivity contribution in [2.24, 2.45) is 10.9 Å². The van der Waals surface area contributed by atoms with Gasteiger partial charge in [-0.15, -0.1) is 0 Å². The second-order valence-corrected chi connectivity index (χ2v) is 10.2. The van der Waals surface area contributed by atoms with Crippen molar-refractivity contribution in [1.29, 1.82) is 0 Å². The average molecular weight is 519 g/mol. The third-order valence-electron chi connectivity index (χ3n) is 7.60. The van der Waals surface area contributed by atoms with Gasteiger partial charge in [0.25, 0.3) is 0 Å². The predicted octanol–water partition coefficient (Wildman–Crippen LogP) is 8.30. The van der Waals surface area contributed by atoms with Crippen molar-refractivity contribution in [3.05, 3.63) is 131 Å². The van der Waals surface area contributed by atoms with E-state index in [0.29, 0.717) is 23.3 Å². The van der Waals surface area contributed by atoms with Crippen LogP contribution in [0.1, 0.15) is 46.2 Å². The Hall–Kier alpha value is -4.38. The smallest absolute Gasteiger partial charge is 0.161 e. The van der Waals surface area contributed by atoms with E-state index in [0.717, 1.165) is 23.2 Å². The molecule has 2 aliphatic rings. The number of benzene rings is 4. The number of methoxy groups -OCH3 is 1. The first-order valence-electron chi connectivity index (χ1n) is 13.3. The number of halogens is 1. The Morgan fingerprint density at radius 1 is 0.974 bits per heavy atom. The van der Waals surface area contributed by atoms with Gasteiger partial charge in [0.15, 0.2) is 11.5 Å². The molecule has 0 fully saturated rings. The summed E-state index contributed by atoms with van der Waals surface area (Å²) in [6.07, 6.45) is 7.61. The van der Waals surface area contributed by atoms with E-state index in [2.05, 4.69) is 71.8 Å². The van der Waals surface area contributed by atoms with Crippen LogP contribution in [-0.2, 0) is 6.61 Å². The molecule has 39 heavy (non-hydrogen) atoms. The lowest BCUT2D eigenvalue weighted by Gasteiger charge is -2.37. The van der Waals surface area contributed by atoms with Gasteiger partial charge in [-0.05, 0) is 90.0 Å². The van der Waals surface area contributed by atoms with Gasteiger partial charge >= 0.3 is 0 Å². The summed E-state index contributed by atoms with van der Waals surface area (Å²) in [5.74, 6) is 1.89. The van der Waals surface area contributed by atoms with Gasteiger partial charge in [0.05, 0.1) is 18.8 Å². The zero-order chi connectivity index (χ0) is 26.8. The van der Waals surface area contributed by atoms with Gasteiger partial charge in [-0.3, -0.25) is 4.99 Å². The van der Waals surface area contributed by atoms with E-state index in [1.807, 2.05) is 30.5 Å². The van der Waals surface area contributed by atoms with E-state index in [1.165, 1.54) is 34.5 Å². The first kappa shape index (κ1) is 24.9. The fourth-order valence-electron chi connectivity index (χ4n) is 5.63. The number of ether oxygens (including phenoxy) is 2. The van der Waals surface area contributed by atoms with Crippen molar-refractivity contribution in [2.75, 3.05) is 12.4 Å². The van der Waals surface area contributed by atoms with Crippen LogP contribution in [0.4, 0.5) is 15.8 Å². The van der Waals surface area contributed by atoms with Crippen LogP contribution in [0.25, 0.3) is 0 Å². The summed E-state index contributed by atoms with van der Waals surface area (Å²) in [5, 5.41) is 3.81. The highest BCUT2D eigenvalue weighted by Gasteiger charge is 2.37. The van der Waals surface area contributed by atoms with Gasteiger partial charge in [0.1, 0.15) is 12.4 Å². The number of rotatable bonds is 7. The third-order valence-corrected chi connectivity index (χ3v) is 7.60. The molecule has 3 atom stereocenters. The molecule has 4 nitrogen and oxygen atoms in total. The van der Waals surface area contributed by atoms with Gasteiger partial charge in [-0.1, -0.05) is 54.1 Å². The summed E-state index contributed by atoms with van der Waals surface area (Å²) >= 11 is 0. The highest BCUT2D eigenvalue weighted by Crippen LogP contribution is 2.50. The van der Waals surface area contributed by atoms with Crippen molar-refractivity contribution >= 4 is 17.6 Å². The summed E-state index contributed by atoms with van der Waals surface area (Å²) in [6, 6.07) is 27.5. The maximum atomic E-state index is 13.4. The number of anilines is 1. The minimum Gasteiger partial charge on any atom is -0.493 e. The topological polar surface area (TPSA) is 42.8 Å². The Morgan fingerprint density at radius 2 is 1.85 bits per heavy atom. The number of hydrogen-bond donors (Lipinski definition) is 1. The Balaban J connectivity index is 1.14. The maximum Gasteiger partial charge on any atom is 0.161 e. The molecule has 196 valence electrons. The number of allylic oxidation sites excluding steroid dienone is 2. The lowest BCUT2D eigenvalue weighted by molar-refractivity contribution is 0.284. The normalized spacial score (nSPS) is 19.4. The molecule has 4 aromatic rings. The van der Waals surface area contributed by atoms with Crippen molar-refractivity contribution in [3.8, 4) is 11.5 Å². The van der Waals surface area contributed by atoms with E-state index in [-0.39, 0.29) is 18.5 Å². The molecule has 0 unspecified atom stereocenters. The molecule has 0 amide bonds. The van der Waals surface area contributed by atoms with E-state index >= 15 is 0 Å². The lowest BCUT2D eigenvalue weighted by Crippen LogP contribution is -2.29. The summed E-state index contributed by atoms with van der Waals surface area (Å²) in [5.41, 5.74) is 7.77. The van der Waals surface area contributed by atoms with E-state index in [4.69, 9.17) is 9.47 Å². The number of aryl methyl sites for hydroxylation is 1.